The molecule has 1 aromatic rings. The van der Waals surface area contributed by atoms with Crippen LogP contribution in [-0.4, -0.2) is 12.1 Å². The number of aldehydes is 1. The van der Waals surface area contributed by atoms with Gasteiger partial charge in [0.05, 0.1) is 0 Å². The standard InChI is InChI=1S/C7H14O.C6H7N.C3H6O/c1-2-3-4-5-6-7-8;7-6-4-2-1-3-5-6;1-3(2)4/h7H,2-6H2,1H3;1-5H,7H2;1-2H3. The lowest BCUT2D eigenvalue weighted by molar-refractivity contribution is -0.115. The molecule has 1 rings (SSSR count). The Kier molecular flexibility index (Phi) is 17.0. The highest BCUT2D eigenvalue weighted by Crippen LogP contribution is 1.99. The van der Waals surface area contributed by atoms with Crippen molar-refractivity contribution in [3.8, 4) is 0 Å². The van der Waals surface area contributed by atoms with Crippen LogP contribution in [-0.2, 0) is 9.59 Å². The Morgan fingerprint density at radius 1 is 1.11 bits per heavy atom. The van der Waals surface area contributed by atoms with Gasteiger partial charge in [0.15, 0.2) is 0 Å². The van der Waals surface area contributed by atoms with E-state index in [1.807, 2.05) is 30.3 Å². The molecule has 1 aromatic carbocycles. The van der Waals surface area contributed by atoms with Crippen molar-refractivity contribution in [2.75, 3.05) is 5.73 Å². The molecule has 108 valence electrons. The Morgan fingerprint density at radius 3 is 1.95 bits per heavy atom. The number of nitrogen functional groups attached to an aromatic ring is 1. The lowest BCUT2D eigenvalue weighted by Crippen LogP contribution is -1.79. The van der Waals surface area contributed by atoms with Gasteiger partial charge in [-0.1, -0.05) is 44.4 Å². The Labute approximate surface area is 117 Å². The van der Waals surface area contributed by atoms with E-state index in [-0.39, 0.29) is 5.78 Å². The van der Waals surface area contributed by atoms with Gasteiger partial charge >= 0.3 is 0 Å². The zero-order chi connectivity index (χ0) is 14.9. The minimum absolute atomic E-state index is 0.167. The molecule has 0 atom stereocenters. The van der Waals surface area contributed by atoms with Crippen molar-refractivity contribution in [2.45, 2.75) is 52.9 Å². The number of carbonyl (C=O) groups is 2. The molecule has 0 aliphatic rings. The number of hydrogen-bond acceptors (Lipinski definition) is 3. The van der Waals surface area contributed by atoms with Crippen LogP contribution in [0.3, 0.4) is 0 Å². The van der Waals surface area contributed by atoms with Crippen molar-refractivity contribution in [1.82, 2.24) is 0 Å². The molecular formula is C16H27NO2. The van der Waals surface area contributed by atoms with Gasteiger partial charge in [-0.3, -0.25) is 0 Å². The maximum absolute atomic E-state index is 9.77. The average molecular weight is 265 g/mol. The minimum atomic E-state index is 0.167. The molecular weight excluding hydrogens is 238 g/mol. The molecule has 0 aromatic heterocycles. The van der Waals surface area contributed by atoms with Gasteiger partial charge in [0.2, 0.25) is 0 Å². The second-order valence-electron chi connectivity index (χ2n) is 4.33. The molecule has 0 aliphatic heterocycles. The van der Waals surface area contributed by atoms with E-state index in [4.69, 9.17) is 5.73 Å². The fourth-order valence-electron chi connectivity index (χ4n) is 1.11. The zero-order valence-electron chi connectivity index (χ0n) is 12.4. The Balaban J connectivity index is 0. The monoisotopic (exact) mass is 265 g/mol. The Bertz CT molecular complexity index is 306. The van der Waals surface area contributed by atoms with Gasteiger partial charge in [-0.2, -0.15) is 0 Å². The summed E-state index contributed by atoms with van der Waals surface area (Å²) in [5.41, 5.74) is 6.18. The number of Topliss-reactive ketones (excluding diaryl/α,β-unsaturated/α-hetero) is 1. The molecule has 3 heteroatoms. The van der Waals surface area contributed by atoms with E-state index in [0.717, 1.165) is 24.8 Å². The average Bonchev–Trinajstić information content (AvgIpc) is 2.36. The number of benzene rings is 1. The molecule has 0 amide bonds. The van der Waals surface area contributed by atoms with E-state index < -0.39 is 0 Å². The van der Waals surface area contributed by atoms with Crippen LogP contribution in [0.25, 0.3) is 0 Å². The topological polar surface area (TPSA) is 60.2 Å². The highest BCUT2D eigenvalue weighted by atomic mass is 16.1. The van der Waals surface area contributed by atoms with Crippen LogP contribution in [0, 0.1) is 0 Å². The van der Waals surface area contributed by atoms with E-state index in [1.165, 1.54) is 33.1 Å². The number of hydrogen-bond donors (Lipinski definition) is 1. The van der Waals surface area contributed by atoms with Gasteiger partial charge in [-0.25, -0.2) is 0 Å². The maximum atomic E-state index is 9.77. The summed E-state index contributed by atoms with van der Waals surface area (Å²) in [4.78, 5) is 19.2. The first-order chi connectivity index (χ1) is 9.04. The van der Waals surface area contributed by atoms with Gasteiger partial charge in [0.25, 0.3) is 0 Å². The summed E-state index contributed by atoms with van der Waals surface area (Å²) in [6.07, 6.45) is 6.56. The highest BCUT2D eigenvalue weighted by Gasteiger charge is 1.83. The van der Waals surface area contributed by atoms with Crippen molar-refractivity contribution in [2.24, 2.45) is 0 Å². The molecule has 0 spiro atoms. The number of anilines is 1. The maximum Gasteiger partial charge on any atom is 0.126 e. The summed E-state index contributed by atoms with van der Waals surface area (Å²) in [5, 5.41) is 0. The summed E-state index contributed by atoms with van der Waals surface area (Å²) < 4.78 is 0. The fraction of sp³-hybridized carbons (Fsp3) is 0.500. The molecule has 0 bridgehead atoms. The number of rotatable bonds is 5. The quantitative estimate of drug-likeness (QED) is 0.497. The van der Waals surface area contributed by atoms with E-state index in [0.29, 0.717) is 0 Å². The van der Waals surface area contributed by atoms with E-state index in [9.17, 15) is 9.59 Å². The molecule has 3 nitrogen and oxygen atoms in total. The van der Waals surface area contributed by atoms with E-state index >= 15 is 0 Å². The number of ketones is 1. The van der Waals surface area contributed by atoms with Crippen molar-refractivity contribution in [3.05, 3.63) is 30.3 Å². The summed E-state index contributed by atoms with van der Waals surface area (Å²) in [6, 6.07) is 9.49. The van der Waals surface area contributed by atoms with Crippen LogP contribution in [0.1, 0.15) is 52.9 Å². The minimum Gasteiger partial charge on any atom is -0.399 e. The van der Waals surface area contributed by atoms with Gasteiger partial charge in [-0.15, -0.1) is 0 Å². The summed E-state index contributed by atoms with van der Waals surface area (Å²) >= 11 is 0. The lowest BCUT2D eigenvalue weighted by Gasteiger charge is -1.90. The summed E-state index contributed by atoms with van der Waals surface area (Å²) in [5.74, 6) is 0.167. The first-order valence-corrected chi connectivity index (χ1v) is 6.75. The first-order valence-electron chi connectivity index (χ1n) is 6.75. The summed E-state index contributed by atoms with van der Waals surface area (Å²) in [6.45, 7) is 5.22. The van der Waals surface area contributed by atoms with Crippen LogP contribution < -0.4 is 5.73 Å². The molecule has 0 saturated carbocycles. The molecule has 0 radical (unpaired) electrons. The Morgan fingerprint density at radius 2 is 1.63 bits per heavy atom. The molecule has 0 fully saturated rings. The van der Waals surface area contributed by atoms with Crippen LogP contribution >= 0.6 is 0 Å². The molecule has 0 saturated heterocycles. The lowest BCUT2D eigenvalue weighted by atomic mass is 10.2. The molecule has 0 heterocycles. The molecule has 0 unspecified atom stereocenters. The van der Waals surface area contributed by atoms with Gasteiger partial charge < -0.3 is 15.3 Å². The normalized spacial score (nSPS) is 8.37. The highest BCUT2D eigenvalue weighted by molar-refractivity contribution is 5.72. The second-order valence-corrected chi connectivity index (χ2v) is 4.33. The third kappa shape index (κ3) is 26.1. The van der Waals surface area contributed by atoms with Crippen molar-refractivity contribution < 1.29 is 9.59 Å². The summed E-state index contributed by atoms with van der Waals surface area (Å²) in [7, 11) is 0. The number of carbonyl (C=O) groups excluding carboxylic acids is 2. The number of nitrogens with two attached hydrogens (primary N) is 1. The predicted molar refractivity (Wildman–Crippen MR) is 82.0 cm³/mol. The van der Waals surface area contributed by atoms with E-state index in [2.05, 4.69) is 6.92 Å². The second kappa shape index (κ2) is 16.4. The van der Waals surface area contributed by atoms with Gasteiger partial charge in [0.1, 0.15) is 12.1 Å². The number of unbranched alkanes of at least 4 members (excludes halogenated alkanes) is 4. The van der Waals surface area contributed by atoms with Crippen molar-refractivity contribution >= 4 is 17.8 Å². The van der Waals surface area contributed by atoms with Gasteiger partial charge in [0, 0.05) is 12.1 Å². The van der Waals surface area contributed by atoms with Crippen LogP contribution in [0.2, 0.25) is 0 Å². The number of para-hydroxylation sites is 1. The molecule has 2 N–H and O–H groups in total. The van der Waals surface area contributed by atoms with Gasteiger partial charge in [-0.05, 0) is 32.4 Å². The molecule has 0 aliphatic carbocycles. The zero-order valence-corrected chi connectivity index (χ0v) is 12.4. The fourth-order valence-corrected chi connectivity index (χ4v) is 1.11. The smallest absolute Gasteiger partial charge is 0.126 e. The first kappa shape index (κ1) is 19.7. The Hall–Kier alpha value is -1.64. The third-order valence-electron chi connectivity index (χ3n) is 1.98. The predicted octanol–water partition coefficient (Wildman–Crippen LogP) is 4.02. The van der Waals surface area contributed by atoms with Crippen LogP contribution in [0.5, 0.6) is 0 Å². The van der Waals surface area contributed by atoms with Crippen LogP contribution in [0.15, 0.2) is 30.3 Å². The van der Waals surface area contributed by atoms with Crippen molar-refractivity contribution in [1.29, 1.82) is 0 Å². The van der Waals surface area contributed by atoms with Crippen LogP contribution in [0.4, 0.5) is 5.69 Å². The van der Waals surface area contributed by atoms with E-state index in [1.54, 1.807) is 0 Å². The SMILES string of the molecule is CC(C)=O.CCCCCCC=O.Nc1ccccc1. The largest absolute Gasteiger partial charge is 0.399 e. The molecule has 19 heavy (non-hydrogen) atoms. The van der Waals surface area contributed by atoms with Crippen molar-refractivity contribution in [3.63, 3.8) is 0 Å². The third-order valence-corrected chi connectivity index (χ3v) is 1.98.